The molecule has 0 aromatic heterocycles. The quantitative estimate of drug-likeness (QED) is 0.902. The number of aliphatic hydroxyl groups is 1. The van der Waals surface area contributed by atoms with Gasteiger partial charge in [0.25, 0.3) is 0 Å². The van der Waals surface area contributed by atoms with Gasteiger partial charge in [-0.1, -0.05) is 66.7 Å². The number of ketones is 1. The van der Waals surface area contributed by atoms with E-state index in [2.05, 4.69) is 0 Å². The summed E-state index contributed by atoms with van der Waals surface area (Å²) < 4.78 is 0. The van der Waals surface area contributed by atoms with Gasteiger partial charge in [0.1, 0.15) is 0 Å². The topological polar surface area (TPSA) is 37.3 Å². The molecule has 3 rings (SSSR count). The second-order valence-corrected chi connectivity index (χ2v) is 5.29. The number of hydrogen-bond acceptors (Lipinski definition) is 2. The summed E-state index contributed by atoms with van der Waals surface area (Å²) in [5.41, 5.74) is 2.00. The second kappa shape index (κ2) is 5.06. The van der Waals surface area contributed by atoms with Crippen LogP contribution < -0.4 is 0 Å². The van der Waals surface area contributed by atoms with Gasteiger partial charge in [0, 0.05) is 0 Å². The first-order chi connectivity index (χ1) is 10.1. The zero-order valence-electron chi connectivity index (χ0n) is 11.8. The van der Waals surface area contributed by atoms with Gasteiger partial charge in [-0.3, -0.25) is 4.79 Å². The molecule has 104 valence electrons. The minimum Gasteiger partial charge on any atom is -0.504 e. The summed E-state index contributed by atoms with van der Waals surface area (Å²) in [6.07, 6.45) is 3.58. The summed E-state index contributed by atoms with van der Waals surface area (Å²) in [6, 6.07) is 19.8. The van der Waals surface area contributed by atoms with Gasteiger partial charge in [0.15, 0.2) is 5.76 Å². The number of Topliss-reactive ketones (excluding diaryl/α,β-unsaturated/α-hetero) is 1. The first-order valence-electron chi connectivity index (χ1n) is 6.90. The molecule has 0 aliphatic heterocycles. The molecule has 2 aromatic rings. The molecule has 1 N–H and O–H groups in total. The predicted molar refractivity (Wildman–Crippen MR) is 83.1 cm³/mol. The molecule has 0 heterocycles. The van der Waals surface area contributed by atoms with Crippen molar-refractivity contribution in [3.05, 3.63) is 95.3 Å². The van der Waals surface area contributed by atoms with Gasteiger partial charge in [-0.2, -0.15) is 0 Å². The number of carbonyl (C=O) groups is 1. The van der Waals surface area contributed by atoms with Gasteiger partial charge >= 0.3 is 0 Å². The smallest absolute Gasteiger partial charge is 0.222 e. The Bertz CT molecular complexity index is 661. The summed E-state index contributed by atoms with van der Waals surface area (Å²) >= 11 is 0. The Kier molecular flexibility index (Phi) is 3.22. The van der Waals surface area contributed by atoms with Crippen LogP contribution in [0.5, 0.6) is 0 Å². The van der Waals surface area contributed by atoms with Crippen LogP contribution >= 0.6 is 0 Å². The zero-order valence-corrected chi connectivity index (χ0v) is 11.8. The van der Waals surface area contributed by atoms with Crippen molar-refractivity contribution in [3.63, 3.8) is 0 Å². The molecule has 1 aliphatic rings. The molecule has 0 fully saturated rings. The third-order valence-corrected chi connectivity index (χ3v) is 3.90. The molecule has 2 nitrogen and oxygen atoms in total. The number of carbonyl (C=O) groups excluding carboxylic acids is 1. The second-order valence-electron chi connectivity index (χ2n) is 5.29. The van der Waals surface area contributed by atoms with Gasteiger partial charge in [-0.15, -0.1) is 0 Å². The van der Waals surface area contributed by atoms with E-state index in [0.29, 0.717) is 5.57 Å². The van der Waals surface area contributed by atoms with E-state index < -0.39 is 5.41 Å². The Morgan fingerprint density at radius 2 is 1.29 bits per heavy atom. The van der Waals surface area contributed by atoms with E-state index in [-0.39, 0.29) is 11.5 Å². The molecule has 21 heavy (non-hydrogen) atoms. The number of allylic oxidation sites excluding steroid dienone is 3. The average molecular weight is 276 g/mol. The van der Waals surface area contributed by atoms with Crippen molar-refractivity contribution in [2.24, 2.45) is 0 Å². The zero-order chi connectivity index (χ0) is 14.9. The molecule has 2 aromatic carbocycles. The van der Waals surface area contributed by atoms with Crippen LogP contribution in [-0.2, 0) is 10.2 Å². The lowest BCUT2D eigenvalue weighted by Crippen LogP contribution is -2.29. The van der Waals surface area contributed by atoms with Crippen molar-refractivity contribution >= 4 is 5.78 Å². The van der Waals surface area contributed by atoms with Crippen LogP contribution in [0.25, 0.3) is 0 Å². The van der Waals surface area contributed by atoms with Crippen LogP contribution in [0.1, 0.15) is 18.1 Å². The van der Waals surface area contributed by atoms with Crippen molar-refractivity contribution in [2.45, 2.75) is 12.3 Å². The minimum absolute atomic E-state index is 0.192. The summed E-state index contributed by atoms with van der Waals surface area (Å²) in [4.78, 5) is 11.9. The normalized spacial score (nSPS) is 17.1. The van der Waals surface area contributed by atoms with Crippen molar-refractivity contribution in [1.82, 2.24) is 0 Å². The molecule has 0 bridgehead atoms. The molecular formula is C19H16O2. The Labute approximate surface area is 124 Å². The predicted octanol–water partition coefficient (Wildman–Crippen LogP) is 3.94. The third-order valence-electron chi connectivity index (χ3n) is 3.90. The van der Waals surface area contributed by atoms with Gasteiger partial charge in [-0.05, 0) is 29.7 Å². The van der Waals surface area contributed by atoms with E-state index >= 15 is 0 Å². The highest BCUT2D eigenvalue weighted by atomic mass is 16.3. The monoisotopic (exact) mass is 276 g/mol. The van der Waals surface area contributed by atoms with Crippen molar-refractivity contribution in [3.8, 4) is 0 Å². The number of aliphatic hydroxyl groups excluding tert-OH is 1. The number of benzene rings is 2. The minimum atomic E-state index is -0.607. The van der Waals surface area contributed by atoms with Gasteiger partial charge < -0.3 is 5.11 Å². The van der Waals surface area contributed by atoms with Crippen LogP contribution in [0.2, 0.25) is 0 Å². The first-order valence-corrected chi connectivity index (χ1v) is 6.90. The van der Waals surface area contributed by atoms with Crippen LogP contribution in [0.4, 0.5) is 0 Å². The summed E-state index contributed by atoms with van der Waals surface area (Å²) in [5.74, 6) is -0.500. The maximum Gasteiger partial charge on any atom is 0.222 e. The van der Waals surface area contributed by atoms with E-state index in [0.717, 1.165) is 11.1 Å². The fourth-order valence-electron chi connectivity index (χ4n) is 2.86. The highest BCUT2D eigenvalue weighted by Crippen LogP contribution is 2.39. The van der Waals surface area contributed by atoms with E-state index in [1.165, 1.54) is 0 Å². The molecule has 0 atom stereocenters. The van der Waals surface area contributed by atoms with E-state index in [9.17, 15) is 9.90 Å². The fourth-order valence-corrected chi connectivity index (χ4v) is 2.86. The SMILES string of the molecule is CC1=CC(c2ccccc2)(c2ccccc2)C=C(O)C1=O. The molecule has 0 amide bonds. The average Bonchev–Trinajstić information content (AvgIpc) is 2.54. The van der Waals surface area contributed by atoms with Crippen molar-refractivity contribution in [2.75, 3.05) is 0 Å². The van der Waals surface area contributed by atoms with Gasteiger partial charge in [0.05, 0.1) is 5.41 Å². The molecular weight excluding hydrogens is 260 g/mol. The van der Waals surface area contributed by atoms with Crippen LogP contribution in [-0.4, -0.2) is 10.9 Å². The Balaban J connectivity index is 2.30. The van der Waals surface area contributed by atoms with Crippen LogP contribution in [0.3, 0.4) is 0 Å². The van der Waals surface area contributed by atoms with Crippen molar-refractivity contribution in [1.29, 1.82) is 0 Å². The molecule has 0 saturated heterocycles. The highest BCUT2D eigenvalue weighted by Gasteiger charge is 2.35. The lowest BCUT2D eigenvalue weighted by Gasteiger charge is -2.32. The Hall–Kier alpha value is -2.61. The Morgan fingerprint density at radius 3 is 1.71 bits per heavy atom. The molecule has 0 saturated carbocycles. The number of rotatable bonds is 2. The highest BCUT2D eigenvalue weighted by molar-refractivity contribution is 6.07. The molecule has 1 aliphatic carbocycles. The molecule has 0 unspecified atom stereocenters. The van der Waals surface area contributed by atoms with Gasteiger partial charge in [-0.25, -0.2) is 0 Å². The molecule has 2 heteroatoms. The van der Waals surface area contributed by atoms with Crippen LogP contribution in [0.15, 0.2) is 84.1 Å². The molecule has 0 radical (unpaired) electrons. The number of hydrogen-bond donors (Lipinski definition) is 1. The maximum atomic E-state index is 11.9. The first kappa shape index (κ1) is 13.4. The molecule has 0 spiro atoms. The van der Waals surface area contributed by atoms with E-state index in [1.54, 1.807) is 13.0 Å². The van der Waals surface area contributed by atoms with E-state index in [1.807, 2.05) is 66.7 Å². The largest absolute Gasteiger partial charge is 0.504 e. The standard InChI is InChI=1S/C19H16O2/c1-14-12-19(13-17(20)18(14)21,15-8-4-2-5-9-15)16-10-6-3-7-11-16/h2-13,20H,1H3. The van der Waals surface area contributed by atoms with Crippen LogP contribution in [0, 0.1) is 0 Å². The summed E-state index contributed by atoms with van der Waals surface area (Å²) in [5, 5.41) is 10.1. The summed E-state index contributed by atoms with van der Waals surface area (Å²) in [7, 11) is 0. The lowest BCUT2D eigenvalue weighted by molar-refractivity contribution is -0.114. The summed E-state index contributed by atoms with van der Waals surface area (Å²) in [6.45, 7) is 1.74. The van der Waals surface area contributed by atoms with E-state index in [4.69, 9.17) is 0 Å². The third kappa shape index (κ3) is 2.19. The lowest BCUT2D eigenvalue weighted by atomic mass is 9.70. The Morgan fingerprint density at radius 1 is 0.810 bits per heavy atom. The van der Waals surface area contributed by atoms with Crippen molar-refractivity contribution < 1.29 is 9.90 Å². The fraction of sp³-hybridized carbons (Fsp3) is 0.105. The maximum absolute atomic E-state index is 11.9. The van der Waals surface area contributed by atoms with Gasteiger partial charge in [0.2, 0.25) is 5.78 Å².